The van der Waals surface area contributed by atoms with Crippen molar-refractivity contribution in [3.05, 3.63) is 128 Å². The Bertz CT molecular complexity index is 1570. The average Bonchev–Trinajstić information content (AvgIpc) is 3.30. The van der Waals surface area contributed by atoms with Crippen molar-refractivity contribution >= 4 is 11.0 Å². The van der Waals surface area contributed by atoms with Crippen molar-refractivity contribution in [1.29, 1.82) is 0 Å². The highest BCUT2D eigenvalue weighted by Gasteiger charge is 2.14. The number of hydrogen-bond acceptors (Lipinski definition) is 3. The van der Waals surface area contributed by atoms with Crippen LogP contribution in [0.4, 0.5) is 0 Å². The number of hydrogen-bond donors (Lipinski definition) is 0. The van der Waals surface area contributed by atoms with Crippen molar-refractivity contribution in [2.45, 2.75) is 0 Å². The van der Waals surface area contributed by atoms with Crippen LogP contribution in [0.1, 0.15) is 0 Å². The molecular weight excluding hydrogens is 418 g/mol. The lowest BCUT2D eigenvalue weighted by atomic mass is 10.1. The first-order valence-corrected chi connectivity index (χ1v) is 11.2. The Morgan fingerprint density at radius 2 is 1.29 bits per heavy atom. The third kappa shape index (κ3) is 3.82. The van der Waals surface area contributed by atoms with E-state index in [0.717, 1.165) is 50.9 Å². The third-order valence-corrected chi connectivity index (χ3v) is 5.70. The molecule has 0 spiro atoms. The molecular formula is C30H21N3O. The second kappa shape index (κ2) is 8.68. The number of rotatable bonds is 5. The molecule has 6 aromatic rings. The summed E-state index contributed by atoms with van der Waals surface area (Å²) in [6.07, 6.45) is 1.80. The SMILES string of the molecule is c1ccc(-n2c(-c3cccc(Oc4cccc(-c5ccccn5)c4)c3)nc3ccccc32)cc1. The van der Waals surface area contributed by atoms with Crippen molar-refractivity contribution < 1.29 is 4.74 Å². The van der Waals surface area contributed by atoms with E-state index in [1.165, 1.54) is 0 Å². The molecule has 0 unspecified atom stereocenters. The van der Waals surface area contributed by atoms with Gasteiger partial charge in [0.1, 0.15) is 17.3 Å². The predicted molar refractivity (Wildman–Crippen MR) is 136 cm³/mol. The Morgan fingerprint density at radius 1 is 0.588 bits per heavy atom. The summed E-state index contributed by atoms with van der Waals surface area (Å²) >= 11 is 0. The van der Waals surface area contributed by atoms with Crippen LogP contribution in [0.3, 0.4) is 0 Å². The second-order valence-electron chi connectivity index (χ2n) is 7.97. The van der Waals surface area contributed by atoms with Crippen molar-refractivity contribution in [3.63, 3.8) is 0 Å². The van der Waals surface area contributed by atoms with Crippen LogP contribution in [0.5, 0.6) is 11.5 Å². The molecule has 162 valence electrons. The topological polar surface area (TPSA) is 39.9 Å². The summed E-state index contributed by atoms with van der Waals surface area (Å²) in [7, 11) is 0. The summed E-state index contributed by atoms with van der Waals surface area (Å²) in [5.74, 6) is 2.39. The normalized spacial score (nSPS) is 10.9. The van der Waals surface area contributed by atoms with E-state index in [0.29, 0.717) is 0 Å². The van der Waals surface area contributed by atoms with Crippen LogP contribution in [0.25, 0.3) is 39.4 Å². The maximum atomic E-state index is 6.26. The van der Waals surface area contributed by atoms with Crippen LogP contribution in [0.15, 0.2) is 128 Å². The molecule has 0 amide bonds. The quantitative estimate of drug-likeness (QED) is 0.278. The van der Waals surface area contributed by atoms with Gasteiger partial charge in [-0.25, -0.2) is 4.98 Å². The van der Waals surface area contributed by atoms with E-state index in [4.69, 9.17) is 9.72 Å². The van der Waals surface area contributed by atoms with Gasteiger partial charge in [-0.15, -0.1) is 0 Å². The molecule has 0 saturated carbocycles. The molecule has 0 aliphatic heterocycles. The molecule has 0 radical (unpaired) electrons. The lowest BCUT2D eigenvalue weighted by molar-refractivity contribution is 0.483. The number of ether oxygens (including phenoxy) is 1. The fourth-order valence-electron chi connectivity index (χ4n) is 4.15. The van der Waals surface area contributed by atoms with Gasteiger partial charge in [0.25, 0.3) is 0 Å². The van der Waals surface area contributed by atoms with Gasteiger partial charge in [0.2, 0.25) is 0 Å². The first-order chi connectivity index (χ1) is 16.8. The van der Waals surface area contributed by atoms with Gasteiger partial charge >= 0.3 is 0 Å². The van der Waals surface area contributed by atoms with Gasteiger partial charge in [-0.3, -0.25) is 9.55 Å². The van der Waals surface area contributed by atoms with Crippen LogP contribution >= 0.6 is 0 Å². The third-order valence-electron chi connectivity index (χ3n) is 5.70. The zero-order chi connectivity index (χ0) is 22.7. The van der Waals surface area contributed by atoms with Crippen LogP contribution in [-0.2, 0) is 0 Å². The summed E-state index contributed by atoms with van der Waals surface area (Å²) in [5, 5.41) is 0. The Balaban J connectivity index is 1.39. The fourth-order valence-corrected chi connectivity index (χ4v) is 4.15. The minimum Gasteiger partial charge on any atom is -0.457 e. The standard InChI is InChI=1S/C30H21N3O/c1-2-12-24(13-3-1)33-29-18-5-4-17-28(29)32-30(33)23-11-9-15-26(21-23)34-25-14-8-10-22(20-25)27-16-6-7-19-31-27/h1-21H. The zero-order valence-corrected chi connectivity index (χ0v) is 18.4. The Labute approximate surface area is 197 Å². The molecule has 2 heterocycles. The highest BCUT2D eigenvalue weighted by Crippen LogP contribution is 2.32. The van der Waals surface area contributed by atoms with E-state index < -0.39 is 0 Å². The van der Waals surface area contributed by atoms with Gasteiger partial charge in [0.05, 0.1) is 16.7 Å². The van der Waals surface area contributed by atoms with Gasteiger partial charge < -0.3 is 4.74 Å². The molecule has 2 aromatic heterocycles. The first-order valence-electron chi connectivity index (χ1n) is 11.2. The number of imidazole rings is 1. The van der Waals surface area contributed by atoms with E-state index in [1.807, 2.05) is 97.1 Å². The molecule has 0 bridgehead atoms. The highest BCUT2D eigenvalue weighted by molar-refractivity contribution is 5.83. The van der Waals surface area contributed by atoms with Crippen molar-refractivity contribution in [2.75, 3.05) is 0 Å². The molecule has 34 heavy (non-hydrogen) atoms. The average molecular weight is 440 g/mol. The molecule has 0 N–H and O–H groups in total. The minimum atomic E-state index is 0.752. The zero-order valence-electron chi connectivity index (χ0n) is 18.4. The number of para-hydroxylation sites is 3. The predicted octanol–water partition coefficient (Wildman–Crippen LogP) is 7.55. The summed E-state index contributed by atoms with van der Waals surface area (Å²) in [4.78, 5) is 9.40. The number of pyridine rings is 1. The first kappa shape index (κ1) is 19.9. The number of benzene rings is 4. The largest absolute Gasteiger partial charge is 0.457 e. The maximum Gasteiger partial charge on any atom is 0.145 e. The van der Waals surface area contributed by atoms with E-state index in [9.17, 15) is 0 Å². The molecule has 6 rings (SSSR count). The van der Waals surface area contributed by atoms with Crippen LogP contribution < -0.4 is 4.74 Å². The minimum absolute atomic E-state index is 0.752. The van der Waals surface area contributed by atoms with Crippen LogP contribution in [-0.4, -0.2) is 14.5 Å². The van der Waals surface area contributed by atoms with E-state index in [2.05, 4.69) is 33.8 Å². The number of fused-ring (bicyclic) bond motifs is 1. The smallest absolute Gasteiger partial charge is 0.145 e. The van der Waals surface area contributed by atoms with Crippen molar-refractivity contribution in [1.82, 2.24) is 14.5 Å². The maximum absolute atomic E-state index is 6.26. The number of nitrogens with zero attached hydrogens (tertiary/aromatic N) is 3. The van der Waals surface area contributed by atoms with Crippen LogP contribution in [0.2, 0.25) is 0 Å². The summed E-state index contributed by atoms with van der Waals surface area (Å²) < 4.78 is 8.45. The van der Waals surface area contributed by atoms with Gasteiger partial charge in [-0.05, 0) is 60.7 Å². The summed E-state index contributed by atoms with van der Waals surface area (Å²) in [6.45, 7) is 0. The fraction of sp³-hybridized carbons (Fsp3) is 0. The second-order valence-corrected chi connectivity index (χ2v) is 7.97. The van der Waals surface area contributed by atoms with E-state index in [-0.39, 0.29) is 0 Å². The molecule has 4 heteroatoms. The number of aromatic nitrogens is 3. The summed E-state index contributed by atoms with van der Waals surface area (Å²) in [6, 6.07) is 40.5. The lowest BCUT2D eigenvalue weighted by Crippen LogP contribution is -1.97. The molecule has 4 nitrogen and oxygen atoms in total. The van der Waals surface area contributed by atoms with E-state index in [1.54, 1.807) is 6.20 Å². The van der Waals surface area contributed by atoms with Crippen molar-refractivity contribution in [3.8, 4) is 39.8 Å². The molecule has 0 aliphatic carbocycles. The monoisotopic (exact) mass is 439 g/mol. The molecule has 4 aromatic carbocycles. The highest BCUT2D eigenvalue weighted by atomic mass is 16.5. The van der Waals surface area contributed by atoms with Gasteiger partial charge in [-0.2, -0.15) is 0 Å². The summed E-state index contributed by atoms with van der Waals surface area (Å²) in [5.41, 5.74) is 6.01. The van der Waals surface area contributed by atoms with Crippen LogP contribution in [0, 0.1) is 0 Å². The van der Waals surface area contributed by atoms with Crippen molar-refractivity contribution in [2.24, 2.45) is 0 Å². The Morgan fingerprint density at radius 3 is 2.09 bits per heavy atom. The van der Waals surface area contributed by atoms with Gasteiger partial charge in [0, 0.05) is 23.0 Å². The van der Waals surface area contributed by atoms with Gasteiger partial charge in [0.15, 0.2) is 0 Å². The molecule has 0 fully saturated rings. The molecule has 0 atom stereocenters. The molecule has 0 saturated heterocycles. The Kier molecular flexibility index (Phi) is 5.09. The van der Waals surface area contributed by atoms with E-state index >= 15 is 0 Å². The van der Waals surface area contributed by atoms with Gasteiger partial charge in [-0.1, -0.05) is 60.7 Å². The molecule has 0 aliphatic rings. The Hall–Kier alpha value is -4.70. The lowest BCUT2D eigenvalue weighted by Gasteiger charge is -2.11.